The first-order valence-electron chi connectivity index (χ1n) is 8.45. The van der Waals surface area contributed by atoms with Crippen LogP contribution in [0.2, 0.25) is 0 Å². The van der Waals surface area contributed by atoms with Crippen LogP contribution in [-0.4, -0.2) is 31.1 Å². The van der Waals surface area contributed by atoms with Gasteiger partial charge in [-0.3, -0.25) is 0 Å². The summed E-state index contributed by atoms with van der Waals surface area (Å²) in [7, 11) is 2.27. The summed E-state index contributed by atoms with van der Waals surface area (Å²) in [6.07, 6.45) is 1.17. The van der Waals surface area contributed by atoms with Gasteiger partial charge in [0.1, 0.15) is 0 Å². The first kappa shape index (κ1) is 18.2. The molecule has 0 saturated heterocycles. The molecule has 0 bridgehead atoms. The fourth-order valence-corrected chi connectivity index (χ4v) is 3.24. The molecule has 0 spiro atoms. The van der Waals surface area contributed by atoms with Gasteiger partial charge in [-0.2, -0.15) is 0 Å². The lowest BCUT2D eigenvalue weighted by atomic mass is 9.89. The van der Waals surface area contributed by atoms with Crippen molar-refractivity contribution in [1.82, 2.24) is 10.2 Å². The summed E-state index contributed by atoms with van der Waals surface area (Å²) in [5.74, 6) is 1.31. The van der Waals surface area contributed by atoms with Gasteiger partial charge in [-0.15, -0.1) is 0 Å². The van der Waals surface area contributed by atoms with Crippen LogP contribution >= 0.6 is 0 Å². The van der Waals surface area contributed by atoms with Crippen LogP contribution in [-0.2, 0) is 0 Å². The molecule has 0 aliphatic heterocycles. The molecule has 0 aromatic heterocycles. The minimum absolute atomic E-state index is 0.398. The number of hydrogen-bond donors (Lipinski definition) is 1. The van der Waals surface area contributed by atoms with Crippen LogP contribution in [0.15, 0.2) is 30.3 Å². The van der Waals surface area contributed by atoms with Crippen molar-refractivity contribution < 1.29 is 0 Å². The zero-order valence-corrected chi connectivity index (χ0v) is 14.8. The zero-order chi connectivity index (χ0) is 15.8. The van der Waals surface area contributed by atoms with E-state index in [9.17, 15) is 0 Å². The van der Waals surface area contributed by atoms with E-state index in [0.29, 0.717) is 23.9 Å². The summed E-state index contributed by atoms with van der Waals surface area (Å²) in [5, 5.41) is 3.78. The third kappa shape index (κ3) is 5.80. The average molecular weight is 290 g/mol. The van der Waals surface area contributed by atoms with Crippen LogP contribution in [0, 0.1) is 11.8 Å². The van der Waals surface area contributed by atoms with Gasteiger partial charge in [0.25, 0.3) is 0 Å². The molecule has 1 rings (SSSR count). The monoisotopic (exact) mass is 290 g/mol. The highest BCUT2D eigenvalue weighted by Gasteiger charge is 2.29. The van der Waals surface area contributed by atoms with Crippen LogP contribution in [0.5, 0.6) is 0 Å². The quantitative estimate of drug-likeness (QED) is 0.728. The van der Waals surface area contributed by atoms with Gasteiger partial charge < -0.3 is 10.2 Å². The van der Waals surface area contributed by atoms with E-state index >= 15 is 0 Å². The number of likely N-dealkylation sites (N-methyl/N-ethyl adjacent to an activating group) is 1. The van der Waals surface area contributed by atoms with E-state index in [1.807, 2.05) is 0 Å². The van der Waals surface area contributed by atoms with Crippen molar-refractivity contribution in [3.63, 3.8) is 0 Å². The second kappa shape index (κ2) is 9.22. The Hall–Kier alpha value is -0.860. The molecule has 1 aromatic rings. The van der Waals surface area contributed by atoms with Gasteiger partial charge in [-0.05, 0) is 37.4 Å². The molecule has 0 amide bonds. The Labute approximate surface area is 131 Å². The Morgan fingerprint density at radius 2 is 1.67 bits per heavy atom. The highest BCUT2D eigenvalue weighted by Crippen LogP contribution is 2.26. The zero-order valence-electron chi connectivity index (χ0n) is 14.8. The van der Waals surface area contributed by atoms with E-state index in [0.717, 1.165) is 13.1 Å². The molecule has 0 heterocycles. The summed E-state index contributed by atoms with van der Waals surface area (Å²) in [6, 6.07) is 11.8. The van der Waals surface area contributed by atoms with Crippen molar-refractivity contribution in [2.45, 2.75) is 53.1 Å². The SMILES string of the molecule is CCCNC(c1ccccc1)C(C(C)C)N(C)CC(C)C. The van der Waals surface area contributed by atoms with Crippen LogP contribution in [0.4, 0.5) is 0 Å². The molecule has 2 unspecified atom stereocenters. The van der Waals surface area contributed by atoms with Gasteiger partial charge in [-0.25, -0.2) is 0 Å². The first-order valence-corrected chi connectivity index (χ1v) is 8.45. The Balaban J connectivity index is 3.00. The molecule has 0 aliphatic carbocycles. The molecular weight excluding hydrogens is 256 g/mol. The lowest BCUT2D eigenvalue weighted by Crippen LogP contribution is -2.47. The fourth-order valence-electron chi connectivity index (χ4n) is 3.24. The van der Waals surface area contributed by atoms with Crippen molar-refractivity contribution >= 4 is 0 Å². The molecule has 0 saturated carbocycles. The Kier molecular flexibility index (Phi) is 7.98. The normalized spacial score (nSPS) is 14.9. The first-order chi connectivity index (χ1) is 9.97. The van der Waals surface area contributed by atoms with E-state index in [4.69, 9.17) is 0 Å². The summed E-state index contributed by atoms with van der Waals surface area (Å²) >= 11 is 0. The van der Waals surface area contributed by atoms with Crippen LogP contribution in [0.3, 0.4) is 0 Å². The van der Waals surface area contributed by atoms with E-state index in [1.54, 1.807) is 0 Å². The highest BCUT2D eigenvalue weighted by atomic mass is 15.2. The van der Waals surface area contributed by atoms with Crippen LogP contribution in [0.1, 0.15) is 52.6 Å². The summed E-state index contributed by atoms with van der Waals surface area (Å²) < 4.78 is 0. The molecule has 2 nitrogen and oxygen atoms in total. The van der Waals surface area contributed by atoms with Gasteiger partial charge in [0, 0.05) is 18.6 Å². The van der Waals surface area contributed by atoms with E-state index < -0.39 is 0 Å². The number of rotatable bonds is 9. The summed E-state index contributed by atoms with van der Waals surface area (Å²) in [4.78, 5) is 2.54. The molecular formula is C19H34N2. The van der Waals surface area contributed by atoms with Crippen molar-refractivity contribution in [2.24, 2.45) is 11.8 Å². The minimum Gasteiger partial charge on any atom is -0.309 e. The van der Waals surface area contributed by atoms with Gasteiger partial charge in [0.15, 0.2) is 0 Å². The van der Waals surface area contributed by atoms with Gasteiger partial charge in [0.2, 0.25) is 0 Å². The fraction of sp³-hybridized carbons (Fsp3) is 0.684. The lowest BCUT2D eigenvalue weighted by molar-refractivity contribution is 0.132. The van der Waals surface area contributed by atoms with E-state index in [1.165, 1.54) is 12.0 Å². The molecule has 1 aromatic carbocycles. The third-order valence-corrected chi connectivity index (χ3v) is 3.96. The summed E-state index contributed by atoms with van der Waals surface area (Å²) in [5.41, 5.74) is 1.40. The molecule has 0 fully saturated rings. The highest BCUT2D eigenvalue weighted by molar-refractivity contribution is 5.21. The third-order valence-electron chi connectivity index (χ3n) is 3.96. The predicted octanol–water partition coefficient (Wildman–Crippen LogP) is 4.34. The van der Waals surface area contributed by atoms with Crippen LogP contribution in [0.25, 0.3) is 0 Å². The van der Waals surface area contributed by atoms with Gasteiger partial charge in [-0.1, -0.05) is 65.0 Å². The summed E-state index contributed by atoms with van der Waals surface area (Å²) in [6.45, 7) is 13.7. The smallest absolute Gasteiger partial charge is 0.0480 e. The second-order valence-corrected chi connectivity index (χ2v) is 6.91. The predicted molar refractivity (Wildman–Crippen MR) is 93.6 cm³/mol. The maximum atomic E-state index is 3.78. The topological polar surface area (TPSA) is 15.3 Å². The Bertz CT molecular complexity index is 372. The number of hydrogen-bond acceptors (Lipinski definition) is 2. The van der Waals surface area contributed by atoms with E-state index in [-0.39, 0.29) is 0 Å². The van der Waals surface area contributed by atoms with E-state index in [2.05, 4.69) is 82.2 Å². The van der Waals surface area contributed by atoms with Gasteiger partial charge in [0.05, 0.1) is 0 Å². The molecule has 1 N–H and O–H groups in total. The Morgan fingerprint density at radius 3 is 2.14 bits per heavy atom. The molecule has 0 radical (unpaired) electrons. The van der Waals surface area contributed by atoms with Crippen LogP contribution < -0.4 is 5.32 Å². The number of nitrogens with zero attached hydrogens (tertiary/aromatic N) is 1. The maximum Gasteiger partial charge on any atom is 0.0480 e. The lowest BCUT2D eigenvalue weighted by Gasteiger charge is -2.39. The maximum absolute atomic E-state index is 3.78. The Morgan fingerprint density at radius 1 is 1.05 bits per heavy atom. The van der Waals surface area contributed by atoms with Crippen molar-refractivity contribution in [3.05, 3.63) is 35.9 Å². The molecule has 2 atom stereocenters. The minimum atomic E-state index is 0.398. The van der Waals surface area contributed by atoms with Gasteiger partial charge >= 0.3 is 0 Å². The standard InChI is InChI=1S/C19H34N2/c1-7-13-20-18(17-11-9-8-10-12-17)19(16(4)5)21(6)14-15(2)3/h8-12,15-16,18-20H,7,13-14H2,1-6H3. The molecule has 21 heavy (non-hydrogen) atoms. The largest absolute Gasteiger partial charge is 0.309 e. The van der Waals surface area contributed by atoms with Crippen molar-refractivity contribution in [2.75, 3.05) is 20.1 Å². The average Bonchev–Trinajstić information content (AvgIpc) is 2.42. The molecule has 2 heteroatoms. The molecule has 120 valence electrons. The number of benzene rings is 1. The number of nitrogens with one attached hydrogen (secondary N) is 1. The molecule has 0 aliphatic rings. The van der Waals surface area contributed by atoms with Crippen molar-refractivity contribution in [3.8, 4) is 0 Å². The second-order valence-electron chi connectivity index (χ2n) is 6.91. The van der Waals surface area contributed by atoms with Crippen molar-refractivity contribution in [1.29, 1.82) is 0 Å².